The van der Waals surface area contributed by atoms with Gasteiger partial charge in [0.15, 0.2) is 0 Å². The van der Waals surface area contributed by atoms with Gasteiger partial charge in [0.05, 0.1) is 29.1 Å². The smallest absolute Gasteiger partial charge is 0.489 e. The van der Waals surface area contributed by atoms with Gasteiger partial charge in [0.2, 0.25) is 0 Å². The molecule has 6 aliphatic rings. The van der Waals surface area contributed by atoms with Crippen LogP contribution in [0.15, 0.2) is 91.1 Å². The molecule has 3 saturated carbocycles. The van der Waals surface area contributed by atoms with Gasteiger partial charge in [-0.1, -0.05) is 99.7 Å². The number of hydrogen-bond acceptors (Lipinski definition) is 16. The van der Waals surface area contributed by atoms with E-state index in [9.17, 15) is 44.1 Å². The van der Waals surface area contributed by atoms with Crippen LogP contribution in [0.5, 0.6) is 17.2 Å². The average Bonchev–Trinajstić information content (AvgIpc) is 1.61. The monoisotopic (exact) mass is 1460 g/mol. The molecule has 19 heteroatoms. The molecule has 19 nitrogen and oxygen atoms in total. The van der Waals surface area contributed by atoms with E-state index in [2.05, 4.69) is 35.5 Å². The largest absolute Gasteiger partial charge is 0.509 e. The third-order valence-corrected chi connectivity index (χ3v) is 20.4. The molecule has 3 heterocycles. The fourth-order valence-electron chi connectivity index (χ4n) is 14.6. The molecule has 0 radical (unpaired) electrons. The van der Waals surface area contributed by atoms with E-state index in [1.165, 1.54) is 0 Å². The summed E-state index contributed by atoms with van der Waals surface area (Å²) < 4.78 is 41.9. The molecule has 3 aliphatic heterocycles. The lowest BCUT2D eigenvalue weighted by molar-refractivity contribution is -0.160. The highest BCUT2D eigenvalue weighted by molar-refractivity contribution is 5.76. The zero-order valence-corrected chi connectivity index (χ0v) is 64.6. The number of esters is 2. The first-order valence-electron chi connectivity index (χ1n) is 37.7. The first-order valence-corrected chi connectivity index (χ1v) is 37.7. The number of aryl methyl sites for hydroxylation is 3. The Bertz CT molecular complexity index is 3820. The lowest BCUT2D eigenvalue weighted by Crippen LogP contribution is -2.31. The molecular formula is C87H114O19. The molecule has 9 rings (SSSR count). The number of fused-ring (bicyclic) bond motifs is 9. The van der Waals surface area contributed by atoms with E-state index in [4.69, 9.17) is 48.5 Å². The zero-order chi connectivity index (χ0) is 78.0. The number of carbonyl (C=O) groups excluding carboxylic acids is 3. The van der Waals surface area contributed by atoms with E-state index < -0.39 is 71.0 Å². The van der Waals surface area contributed by atoms with Gasteiger partial charge < -0.3 is 63.8 Å². The molecule has 3 aromatic carbocycles. The number of hydrogen-bond donors (Lipinski definition) is 6. The predicted molar refractivity (Wildman–Crippen MR) is 404 cm³/mol. The fourth-order valence-corrected chi connectivity index (χ4v) is 14.6. The Morgan fingerprint density at radius 3 is 1.23 bits per heavy atom. The van der Waals surface area contributed by atoms with Crippen molar-refractivity contribution >= 4 is 36.0 Å². The number of benzene rings is 3. The number of para-hydroxylation sites is 3. The SMILES string of the molecule is CC#CC[C@H](C)[C@@H](/C=C/[C@@H]1[C@H]2c3cccc(CCCC(=O)O)c3O[C@H]2C[C@H]1O)OC(=O)C(C)(C)C.CC#CC[C@H](C)[C@@H](/C=C/[C@@H]1[C@H]2c3cccc(CCCC(=O)O)c3O[C@H]2C[C@H]1O)OC(=O)OC(C)(C)C.CC#CC[C@H](C)[C@H](O)/C=C/[C@@H]1[C@H]2c3cccc(CCCC(=O)O)c3O[C@H]2C[C@H]1OC(=O)C(C)(C)C. The predicted octanol–water partition coefficient (Wildman–Crippen LogP) is 15.0. The van der Waals surface area contributed by atoms with Crippen molar-refractivity contribution in [1.29, 1.82) is 0 Å². The van der Waals surface area contributed by atoms with Crippen LogP contribution in [0.4, 0.5) is 4.79 Å². The van der Waals surface area contributed by atoms with Crippen LogP contribution in [-0.2, 0) is 62.2 Å². The van der Waals surface area contributed by atoms with Crippen LogP contribution >= 0.6 is 0 Å². The molecule has 0 unspecified atom stereocenters. The minimum atomic E-state index is -0.809. The van der Waals surface area contributed by atoms with E-state index in [1.807, 2.05) is 153 Å². The van der Waals surface area contributed by atoms with Gasteiger partial charge in [-0.15, -0.1) is 35.5 Å². The maximum Gasteiger partial charge on any atom is 0.509 e. The summed E-state index contributed by atoms with van der Waals surface area (Å²) in [5, 5.41) is 59.3. The molecule has 18 atom stereocenters. The summed E-state index contributed by atoms with van der Waals surface area (Å²) >= 11 is 0. The number of aliphatic carboxylic acids is 3. The number of carbonyl (C=O) groups is 6. The molecule has 0 amide bonds. The molecular weight excluding hydrogens is 1350 g/mol. The second-order valence-corrected chi connectivity index (χ2v) is 32.2. The van der Waals surface area contributed by atoms with E-state index in [-0.39, 0.29) is 109 Å². The van der Waals surface area contributed by atoms with Crippen molar-refractivity contribution in [3.05, 3.63) is 124 Å². The second-order valence-electron chi connectivity index (χ2n) is 32.2. The highest BCUT2D eigenvalue weighted by atomic mass is 16.7. The molecule has 0 aromatic heterocycles. The Morgan fingerprint density at radius 2 is 0.858 bits per heavy atom. The third-order valence-electron chi connectivity index (χ3n) is 20.4. The zero-order valence-electron chi connectivity index (χ0n) is 64.6. The molecule has 106 heavy (non-hydrogen) atoms. The highest BCUT2D eigenvalue weighted by Gasteiger charge is 2.53. The van der Waals surface area contributed by atoms with E-state index in [0.717, 1.165) is 50.6 Å². The number of ether oxygens (including phenoxy) is 7. The molecule has 0 spiro atoms. The molecule has 3 aliphatic carbocycles. The van der Waals surface area contributed by atoms with Crippen LogP contribution in [0, 0.1) is 81.9 Å². The Hall–Kier alpha value is -8.54. The maximum atomic E-state index is 12.7. The molecule has 0 bridgehead atoms. The number of rotatable bonds is 27. The molecule has 576 valence electrons. The molecule has 3 aromatic rings. The number of carboxylic acids is 3. The summed E-state index contributed by atoms with van der Waals surface area (Å²) in [4.78, 5) is 70.5. The minimum Gasteiger partial charge on any atom is -0.489 e. The summed E-state index contributed by atoms with van der Waals surface area (Å²) in [6.07, 6.45) is 14.4. The lowest BCUT2D eigenvalue weighted by atomic mass is 9.85. The number of aliphatic hydroxyl groups excluding tert-OH is 3. The molecule has 6 N–H and O–H groups in total. The van der Waals surface area contributed by atoms with Crippen molar-refractivity contribution in [3.8, 4) is 52.8 Å². The van der Waals surface area contributed by atoms with Gasteiger partial charge in [0.1, 0.15) is 59.5 Å². The summed E-state index contributed by atoms with van der Waals surface area (Å²) in [5.41, 5.74) is 4.28. The van der Waals surface area contributed by atoms with Gasteiger partial charge in [-0.3, -0.25) is 24.0 Å². The van der Waals surface area contributed by atoms with Crippen LogP contribution in [0.2, 0.25) is 0 Å². The lowest BCUT2D eigenvalue weighted by Gasteiger charge is -2.26. The van der Waals surface area contributed by atoms with Crippen molar-refractivity contribution in [2.45, 2.75) is 278 Å². The Labute approximate surface area is 627 Å². The topological polar surface area (TPSA) is 288 Å². The first-order chi connectivity index (χ1) is 50.0. The number of aliphatic hydroxyl groups is 3. The number of carboxylic acid groups (broad SMARTS) is 3. The van der Waals surface area contributed by atoms with Crippen LogP contribution in [0.25, 0.3) is 0 Å². The minimum absolute atomic E-state index is 0.000353. The van der Waals surface area contributed by atoms with Crippen molar-refractivity contribution in [2.24, 2.45) is 46.3 Å². The van der Waals surface area contributed by atoms with Crippen LogP contribution in [0.3, 0.4) is 0 Å². The van der Waals surface area contributed by atoms with Crippen molar-refractivity contribution < 1.29 is 92.6 Å². The Kier molecular flexibility index (Phi) is 30.6. The summed E-state index contributed by atoms with van der Waals surface area (Å²) in [6.45, 7) is 27.7. The van der Waals surface area contributed by atoms with E-state index in [0.29, 0.717) is 77.0 Å². The highest BCUT2D eigenvalue weighted by Crippen LogP contribution is 2.56. The standard InChI is InChI=1S/C29H38O7.2C29H38O6/c1-6-7-10-18(2)23(35-28(33)36-29(3,4)5)16-15-20-22(30)17-24-26(20)21-13-8-11-19(27(21)34-24)12-9-14-25(31)32;1-6-7-10-18(2)23(35-28(33)29(3,4)5)16-15-20-22(30)17-24-26(20)21-13-8-11-19(27(21)34-24)12-9-14-25(31)32;1-6-7-10-18(2)22(30)16-15-20-23(35-28(33)29(3,4)5)17-24-26(20)21-13-8-11-19(27(21)34-24)12-9-14-25(31)32/h8,11,13,15-16,18,20,22-24,26,30H,9-10,12,14,17H2,1-5H3,(H,31,32);2*8,11,13,15-16,18,20,22-24,26,30H,9-10,12,14,17H2,1-5H3,(H,31,32)/b3*16-15+/t3*18-,20-,22+,23+,24-,26-/m000/s1. The second kappa shape index (κ2) is 38.3. The summed E-state index contributed by atoms with van der Waals surface area (Å²) in [6, 6.07) is 18.0. The van der Waals surface area contributed by atoms with Gasteiger partial charge in [-0.25, -0.2) is 4.79 Å². The van der Waals surface area contributed by atoms with Gasteiger partial charge in [0, 0.05) is 122 Å². The molecule has 0 saturated heterocycles. The maximum absolute atomic E-state index is 12.7. The van der Waals surface area contributed by atoms with Crippen LogP contribution in [0.1, 0.15) is 232 Å². The van der Waals surface area contributed by atoms with Crippen molar-refractivity contribution in [1.82, 2.24) is 0 Å². The van der Waals surface area contributed by atoms with Crippen LogP contribution in [-0.4, -0.2) is 127 Å². The van der Waals surface area contributed by atoms with E-state index >= 15 is 0 Å². The summed E-state index contributed by atoms with van der Waals surface area (Å²) in [5.74, 6) is 16.7. The Balaban J connectivity index is 0.000000222. The average molecular weight is 1460 g/mol. The van der Waals surface area contributed by atoms with Gasteiger partial charge in [-0.05, 0) is 156 Å². The van der Waals surface area contributed by atoms with Crippen molar-refractivity contribution in [3.63, 3.8) is 0 Å². The summed E-state index contributed by atoms with van der Waals surface area (Å²) in [7, 11) is 0. The normalized spacial score (nSPS) is 24.5. The Morgan fingerprint density at radius 1 is 0.500 bits per heavy atom. The van der Waals surface area contributed by atoms with Gasteiger partial charge >= 0.3 is 36.0 Å². The van der Waals surface area contributed by atoms with Gasteiger partial charge in [-0.2, -0.15) is 0 Å². The van der Waals surface area contributed by atoms with Crippen molar-refractivity contribution in [2.75, 3.05) is 0 Å². The third kappa shape index (κ3) is 23.2. The fraction of sp³-hybridized carbons (Fsp3) is 0.586. The van der Waals surface area contributed by atoms with Crippen LogP contribution < -0.4 is 14.2 Å². The first kappa shape index (κ1) is 84.7. The van der Waals surface area contributed by atoms with E-state index in [1.54, 1.807) is 41.5 Å². The quantitative estimate of drug-likeness (QED) is 0.0179. The molecule has 3 fully saturated rings. The van der Waals surface area contributed by atoms with Gasteiger partial charge in [0.25, 0.3) is 0 Å².